The molecule has 4 heterocycles. The van der Waals surface area contributed by atoms with Crippen LogP contribution in [0.2, 0.25) is 0 Å². The van der Waals surface area contributed by atoms with Crippen molar-refractivity contribution in [3.05, 3.63) is 57.6 Å². The number of carbonyl (C=O) groups is 2. The molecule has 1 N–H and O–H groups in total. The van der Waals surface area contributed by atoms with Gasteiger partial charge in [0.1, 0.15) is 22.3 Å². The van der Waals surface area contributed by atoms with E-state index in [1.807, 2.05) is 4.90 Å². The van der Waals surface area contributed by atoms with Crippen LogP contribution in [0, 0.1) is 5.82 Å². The van der Waals surface area contributed by atoms with Gasteiger partial charge in [0.25, 0.3) is 0 Å². The topological polar surface area (TPSA) is 103 Å². The largest absolute Gasteiger partial charge is 0.481 e. The van der Waals surface area contributed by atoms with Crippen LogP contribution in [0.15, 0.2) is 30.6 Å². The van der Waals surface area contributed by atoms with Crippen LogP contribution in [0.3, 0.4) is 0 Å². The molecule has 0 unspecified atom stereocenters. The van der Waals surface area contributed by atoms with Gasteiger partial charge in [-0.05, 0) is 44.9 Å². The first-order chi connectivity index (χ1) is 20.9. The first-order valence-corrected chi connectivity index (χ1v) is 15.4. The van der Waals surface area contributed by atoms with Gasteiger partial charge >= 0.3 is 12.1 Å². The van der Waals surface area contributed by atoms with E-state index in [9.17, 15) is 27.2 Å². The average Bonchev–Trinajstić information content (AvgIpc) is 3.53. The van der Waals surface area contributed by atoms with Gasteiger partial charge in [-0.1, -0.05) is 0 Å². The summed E-state index contributed by atoms with van der Waals surface area (Å²) in [5.74, 6) is -1.57. The molecule has 44 heavy (non-hydrogen) atoms. The standard InChI is InChI=1S/C30H34F4N6O3S/c1-18-3-4-19(2)40(18)17-25-29(20-11-21(30(32,33)34)13-22(31)12-20)37-27(44-25)14-24(41)23-15-36-26(16-35-23)39-9-7-38(8-10-39)6-5-28(42)43/h11-13,15-16,18-19H,3-10,14,17H2,1-2H3,(H,42,43)/t18-,19-/m1/s1. The number of halogens is 4. The van der Waals surface area contributed by atoms with Gasteiger partial charge in [0.05, 0.1) is 36.5 Å². The molecule has 2 aromatic heterocycles. The van der Waals surface area contributed by atoms with E-state index < -0.39 is 23.5 Å². The van der Waals surface area contributed by atoms with E-state index in [-0.39, 0.29) is 47.7 Å². The van der Waals surface area contributed by atoms with E-state index in [4.69, 9.17) is 5.11 Å². The quantitative estimate of drug-likeness (QED) is 0.240. The predicted octanol–water partition coefficient (Wildman–Crippen LogP) is 5.15. The lowest BCUT2D eigenvalue weighted by molar-refractivity contribution is -0.138. The summed E-state index contributed by atoms with van der Waals surface area (Å²) in [4.78, 5) is 44.3. The summed E-state index contributed by atoms with van der Waals surface area (Å²) in [5.41, 5.74) is -0.685. The predicted molar refractivity (Wildman–Crippen MR) is 157 cm³/mol. The number of Topliss-reactive ketones (excluding diaryl/α,β-unsaturated/α-hetero) is 1. The van der Waals surface area contributed by atoms with Gasteiger partial charge in [-0.15, -0.1) is 11.3 Å². The molecule has 236 valence electrons. The average molecular weight is 635 g/mol. The number of benzene rings is 1. The lowest BCUT2D eigenvalue weighted by Gasteiger charge is -2.34. The van der Waals surface area contributed by atoms with E-state index in [2.05, 4.69) is 38.6 Å². The van der Waals surface area contributed by atoms with Gasteiger partial charge in [-0.2, -0.15) is 13.2 Å². The van der Waals surface area contributed by atoms with Crippen LogP contribution in [-0.4, -0.2) is 86.4 Å². The summed E-state index contributed by atoms with van der Waals surface area (Å²) in [6, 6.07) is 2.95. The smallest absolute Gasteiger partial charge is 0.416 e. The minimum absolute atomic E-state index is 0.0222. The number of likely N-dealkylation sites (tertiary alicyclic amines) is 1. The van der Waals surface area contributed by atoms with Crippen molar-refractivity contribution in [2.45, 2.75) is 64.3 Å². The maximum absolute atomic E-state index is 14.4. The molecule has 9 nitrogen and oxygen atoms in total. The minimum atomic E-state index is -4.72. The molecule has 2 saturated heterocycles. The fourth-order valence-electron chi connectivity index (χ4n) is 5.74. The van der Waals surface area contributed by atoms with Gasteiger partial charge in [0.2, 0.25) is 0 Å². The zero-order valence-corrected chi connectivity index (χ0v) is 25.3. The van der Waals surface area contributed by atoms with Crippen molar-refractivity contribution in [1.82, 2.24) is 24.8 Å². The Morgan fingerprint density at radius 1 is 1.02 bits per heavy atom. The number of rotatable bonds is 10. The molecule has 2 fully saturated rings. The Bertz CT molecular complexity index is 1480. The molecule has 3 aromatic rings. The number of piperazine rings is 1. The Morgan fingerprint density at radius 3 is 2.34 bits per heavy atom. The van der Waals surface area contributed by atoms with Crippen LogP contribution in [0.5, 0.6) is 0 Å². The normalized spacial score (nSPS) is 19.9. The van der Waals surface area contributed by atoms with Gasteiger partial charge in [0.15, 0.2) is 5.78 Å². The lowest BCUT2D eigenvalue weighted by Crippen LogP contribution is -2.47. The molecular formula is C30H34F4N6O3S. The molecule has 0 bridgehead atoms. The van der Waals surface area contributed by atoms with Crippen LogP contribution < -0.4 is 4.90 Å². The monoisotopic (exact) mass is 634 g/mol. The number of carboxylic acids is 1. The van der Waals surface area contributed by atoms with Crippen molar-refractivity contribution in [2.75, 3.05) is 37.6 Å². The zero-order valence-electron chi connectivity index (χ0n) is 24.5. The Hall–Kier alpha value is -3.49. The van der Waals surface area contributed by atoms with E-state index in [0.29, 0.717) is 61.0 Å². The Labute approximate surface area is 256 Å². The number of nitrogens with zero attached hydrogens (tertiary/aromatic N) is 6. The molecule has 5 rings (SSSR count). The van der Waals surface area contributed by atoms with Gasteiger partial charge in [-0.25, -0.2) is 19.3 Å². The Morgan fingerprint density at radius 2 is 1.73 bits per heavy atom. The highest BCUT2D eigenvalue weighted by molar-refractivity contribution is 7.12. The third-order valence-corrected chi connectivity index (χ3v) is 9.31. The SMILES string of the molecule is C[C@@H]1CC[C@@H](C)N1Cc1sc(CC(=O)c2cnc(N3CCN(CCC(=O)O)CC3)cn2)nc1-c1cc(F)cc(C(F)(F)F)c1. The molecule has 14 heteroatoms. The lowest BCUT2D eigenvalue weighted by atomic mass is 10.1. The number of aliphatic carboxylic acids is 1. The number of hydrogen-bond donors (Lipinski definition) is 1. The second-order valence-corrected chi connectivity index (χ2v) is 12.6. The van der Waals surface area contributed by atoms with Crippen molar-refractivity contribution in [3.63, 3.8) is 0 Å². The second-order valence-electron chi connectivity index (χ2n) is 11.4. The summed E-state index contributed by atoms with van der Waals surface area (Å²) in [7, 11) is 0. The molecule has 2 atom stereocenters. The number of thiazole rings is 1. The third kappa shape index (κ3) is 7.59. The molecule has 0 radical (unpaired) electrons. The highest BCUT2D eigenvalue weighted by Crippen LogP contribution is 2.37. The van der Waals surface area contributed by atoms with Crippen molar-refractivity contribution in [1.29, 1.82) is 0 Å². The number of hydrogen-bond acceptors (Lipinski definition) is 9. The number of ketones is 1. The summed E-state index contributed by atoms with van der Waals surface area (Å²) in [6.07, 6.45) is 0.164. The number of anilines is 1. The van der Waals surface area contributed by atoms with Gasteiger partial charge in [0, 0.05) is 61.8 Å². The van der Waals surface area contributed by atoms with Gasteiger partial charge in [-0.3, -0.25) is 19.4 Å². The van der Waals surface area contributed by atoms with Crippen LogP contribution in [0.4, 0.5) is 23.4 Å². The maximum Gasteiger partial charge on any atom is 0.416 e. The molecule has 2 aliphatic rings. The summed E-state index contributed by atoms with van der Waals surface area (Å²) in [5, 5.41) is 9.29. The van der Waals surface area contributed by atoms with Crippen LogP contribution >= 0.6 is 11.3 Å². The summed E-state index contributed by atoms with van der Waals surface area (Å²) < 4.78 is 54.9. The number of carbonyl (C=O) groups excluding carboxylic acids is 1. The van der Waals surface area contributed by atoms with E-state index in [0.717, 1.165) is 25.0 Å². The molecule has 1 aromatic carbocycles. The third-order valence-electron chi connectivity index (χ3n) is 8.27. The Kier molecular flexibility index (Phi) is 9.61. The van der Waals surface area contributed by atoms with Crippen LogP contribution in [0.25, 0.3) is 11.3 Å². The van der Waals surface area contributed by atoms with E-state index in [1.165, 1.54) is 23.7 Å². The second kappa shape index (κ2) is 13.2. The van der Waals surface area contributed by atoms with Gasteiger partial charge < -0.3 is 10.0 Å². The highest BCUT2D eigenvalue weighted by Gasteiger charge is 2.33. The number of alkyl halides is 3. The van der Waals surface area contributed by atoms with E-state index >= 15 is 0 Å². The molecule has 0 spiro atoms. The molecule has 0 aliphatic carbocycles. The zero-order chi connectivity index (χ0) is 31.6. The summed E-state index contributed by atoms with van der Waals surface area (Å²) in [6.45, 7) is 7.79. The van der Waals surface area contributed by atoms with E-state index in [1.54, 1.807) is 0 Å². The van der Waals surface area contributed by atoms with Crippen molar-refractivity contribution < 1.29 is 32.3 Å². The van der Waals surface area contributed by atoms with Crippen molar-refractivity contribution >= 4 is 28.9 Å². The molecule has 2 aliphatic heterocycles. The summed E-state index contributed by atoms with van der Waals surface area (Å²) >= 11 is 1.24. The fourth-order valence-corrected chi connectivity index (χ4v) is 6.83. The Balaban J connectivity index is 1.33. The first-order valence-electron chi connectivity index (χ1n) is 14.5. The van der Waals surface area contributed by atoms with Crippen molar-refractivity contribution in [2.24, 2.45) is 0 Å². The number of aromatic nitrogens is 3. The maximum atomic E-state index is 14.4. The highest BCUT2D eigenvalue weighted by atomic mass is 32.1. The van der Waals surface area contributed by atoms with Crippen LogP contribution in [-0.2, 0) is 23.9 Å². The fraction of sp³-hybridized carbons (Fsp3) is 0.500. The van der Waals surface area contributed by atoms with Crippen LogP contribution in [0.1, 0.15) is 59.0 Å². The molecule has 0 saturated carbocycles. The first kappa shape index (κ1) is 31.9. The molecule has 0 amide bonds. The minimum Gasteiger partial charge on any atom is -0.481 e. The molecular weight excluding hydrogens is 600 g/mol. The number of carboxylic acid groups (broad SMARTS) is 1. The van der Waals surface area contributed by atoms with Crippen molar-refractivity contribution in [3.8, 4) is 11.3 Å².